The number of aromatic nitrogens is 4. The third-order valence-electron chi connectivity index (χ3n) is 6.16. The molecule has 1 fully saturated rings. The van der Waals surface area contributed by atoms with Crippen LogP contribution in [0.4, 0.5) is 5.95 Å². The summed E-state index contributed by atoms with van der Waals surface area (Å²) < 4.78 is 15.1. The minimum absolute atomic E-state index is 0.0356. The van der Waals surface area contributed by atoms with Gasteiger partial charge in [0.05, 0.1) is 13.7 Å². The first kappa shape index (κ1) is 22.9. The standard InChI is InChI=1S/C23H31N5O5/c1-15-6-5-11-27(12-15)22-24-20-19(21(30)26(3)23(31)25(20)2)28(22)13-16(29)14-33-18-9-7-17(32-4)8-10-18/h7-10,15-16,29H,5-6,11-14H2,1-4H3/t15-,16-/m1/s1. The van der Waals surface area contributed by atoms with Crippen LogP contribution in [0.2, 0.25) is 0 Å². The van der Waals surface area contributed by atoms with Gasteiger partial charge in [-0.15, -0.1) is 0 Å². The Morgan fingerprint density at radius 3 is 2.52 bits per heavy atom. The third-order valence-corrected chi connectivity index (χ3v) is 6.16. The Bertz CT molecular complexity index is 1240. The summed E-state index contributed by atoms with van der Waals surface area (Å²) in [4.78, 5) is 32.3. The molecule has 0 amide bonds. The summed E-state index contributed by atoms with van der Waals surface area (Å²) in [5, 5.41) is 10.8. The van der Waals surface area contributed by atoms with Gasteiger partial charge in [0.2, 0.25) is 5.95 Å². The molecule has 1 aliphatic rings. The van der Waals surface area contributed by atoms with E-state index in [1.165, 1.54) is 11.6 Å². The van der Waals surface area contributed by atoms with Gasteiger partial charge in [0.15, 0.2) is 11.2 Å². The number of anilines is 1. The highest BCUT2D eigenvalue weighted by Gasteiger charge is 2.26. The average Bonchev–Trinajstić information content (AvgIpc) is 3.19. The van der Waals surface area contributed by atoms with Crippen LogP contribution in [0.5, 0.6) is 11.5 Å². The lowest BCUT2D eigenvalue weighted by Crippen LogP contribution is -2.39. The molecule has 4 rings (SSSR count). The minimum Gasteiger partial charge on any atom is -0.497 e. The normalized spacial score (nSPS) is 17.4. The Morgan fingerprint density at radius 1 is 1.15 bits per heavy atom. The molecule has 3 aromatic rings. The molecular weight excluding hydrogens is 426 g/mol. The number of aliphatic hydroxyl groups is 1. The molecule has 0 aliphatic carbocycles. The largest absolute Gasteiger partial charge is 0.497 e. The van der Waals surface area contributed by atoms with Crippen LogP contribution in [0, 0.1) is 5.92 Å². The smallest absolute Gasteiger partial charge is 0.332 e. The molecule has 2 aromatic heterocycles. The predicted molar refractivity (Wildman–Crippen MR) is 125 cm³/mol. The number of imidazole rings is 1. The molecule has 1 aromatic carbocycles. The number of fused-ring (bicyclic) bond motifs is 1. The second-order valence-electron chi connectivity index (χ2n) is 8.73. The van der Waals surface area contributed by atoms with Crippen LogP contribution in [-0.4, -0.2) is 56.7 Å². The van der Waals surface area contributed by atoms with Crippen molar-refractivity contribution >= 4 is 17.1 Å². The van der Waals surface area contributed by atoms with E-state index in [1.54, 1.807) is 43.0 Å². The Kier molecular flexibility index (Phi) is 6.46. The van der Waals surface area contributed by atoms with Crippen LogP contribution in [0.15, 0.2) is 33.9 Å². The predicted octanol–water partition coefficient (Wildman–Crippen LogP) is 1.12. The summed E-state index contributed by atoms with van der Waals surface area (Å²) in [5.41, 5.74) is -0.241. The topological polar surface area (TPSA) is 104 Å². The van der Waals surface area contributed by atoms with E-state index in [1.807, 2.05) is 0 Å². The molecule has 33 heavy (non-hydrogen) atoms. The molecule has 3 heterocycles. The van der Waals surface area contributed by atoms with E-state index in [9.17, 15) is 14.7 Å². The van der Waals surface area contributed by atoms with E-state index in [0.29, 0.717) is 28.8 Å². The van der Waals surface area contributed by atoms with Gasteiger partial charge in [-0.1, -0.05) is 6.92 Å². The number of aryl methyl sites for hydroxylation is 1. The van der Waals surface area contributed by atoms with E-state index in [-0.39, 0.29) is 13.2 Å². The van der Waals surface area contributed by atoms with Crippen LogP contribution in [0.1, 0.15) is 19.8 Å². The lowest BCUT2D eigenvalue weighted by Gasteiger charge is -2.32. The summed E-state index contributed by atoms with van der Waals surface area (Å²) in [6, 6.07) is 7.10. The zero-order valence-electron chi connectivity index (χ0n) is 19.5. The average molecular weight is 458 g/mol. The maximum atomic E-state index is 13.0. The number of rotatable bonds is 7. The molecule has 0 saturated carbocycles. The summed E-state index contributed by atoms with van der Waals surface area (Å²) in [7, 11) is 4.65. The molecule has 178 valence electrons. The molecule has 0 unspecified atom stereocenters. The minimum atomic E-state index is -0.896. The highest BCUT2D eigenvalue weighted by atomic mass is 16.5. The molecule has 0 spiro atoms. The van der Waals surface area contributed by atoms with Crippen LogP contribution >= 0.6 is 0 Å². The van der Waals surface area contributed by atoms with E-state index in [2.05, 4.69) is 11.8 Å². The first-order valence-electron chi connectivity index (χ1n) is 11.2. The lowest BCUT2D eigenvalue weighted by atomic mass is 10.0. The fourth-order valence-corrected chi connectivity index (χ4v) is 4.35. The molecule has 1 saturated heterocycles. The Balaban J connectivity index is 1.67. The second-order valence-corrected chi connectivity index (χ2v) is 8.73. The van der Waals surface area contributed by atoms with Gasteiger partial charge >= 0.3 is 5.69 Å². The van der Waals surface area contributed by atoms with Crippen LogP contribution in [0.25, 0.3) is 11.2 Å². The van der Waals surface area contributed by atoms with Gasteiger partial charge in [0.1, 0.15) is 24.2 Å². The van der Waals surface area contributed by atoms with Crippen molar-refractivity contribution < 1.29 is 14.6 Å². The summed E-state index contributed by atoms with van der Waals surface area (Å²) in [5.74, 6) is 2.41. The van der Waals surface area contributed by atoms with Gasteiger partial charge in [-0.2, -0.15) is 4.98 Å². The molecule has 1 N–H and O–H groups in total. The van der Waals surface area contributed by atoms with Crippen molar-refractivity contribution in [1.29, 1.82) is 0 Å². The van der Waals surface area contributed by atoms with Crippen molar-refractivity contribution in [3.8, 4) is 11.5 Å². The lowest BCUT2D eigenvalue weighted by molar-refractivity contribution is 0.0935. The maximum Gasteiger partial charge on any atom is 0.332 e. The number of hydrogen-bond donors (Lipinski definition) is 1. The first-order valence-corrected chi connectivity index (χ1v) is 11.2. The monoisotopic (exact) mass is 457 g/mol. The summed E-state index contributed by atoms with van der Waals surface area (Å²) in [6.45, 7) is 3.94. The Labute approximate surface area is 191 Å². The number of methoxy groups -OCH3 is 1. The van der Waals surface area contributed by atoms with Gasteiger partial charge < -0.3 is 24.0 Å². The van der Waals surface area contributed by atoms with Gasteiger partial charge in [-0.25, -0.2) is 4.79 Å². The highest BCUT2D eigenvalue weighted by molar-refractivity contribution is 5.74. The fraction of sp³-hybridized carbons (Fsp3) is 0.522. The van der Waals surface area contributed by atoms with Gasteiger partial charge in [0, 0.05) is 27.2 Å². The summed E-state index contributed by atoms with van der Waals surface area (Å²) >= 11 is 0. The number of aliphatic hydroxyl groups excluding tert-OH is 1. The van der Waals surface area contributed by atoms with Crippen molar-refractivity contribution in [2.75, 3.05) is 31.7 Å². The third kappa shape index (κ3) is 4.47. The van der Waals surface area contributed by atoms with Gasteiger partial charge in [-0.05, 0) is 43.0 Å². The molecule has 2 atom stereocenters. The maximum absolute atomic E-state index is 13.0. The zero-order valence-corrected chi connectivity index (χ0v) is 19.5. The van der Waals surface area contributed by atoms with Gasteiger partial charge in [-0.3, -0.25) is 13.9 Å². The number of nitrogens with zero attached hydrogens (tertiary/aromatic N) is 5. The highest BCUT2D eigenvalue weighted by Crippen LogP contribution is 2.26. The van der Waals surface area contributed by atoms with Crippen LogP contribution in [0.3, 0.4) is 0 Å². The van der Waals surface area contributed by atoms with E-state index < -0.39 is 17.4 Å². The van der Waals surface area contributed by atoms with E-state index in [0.717, 1.165) is 36.2 Å². The second kappa shape index (κ2) is 9.30. The molecule has 1 aliphatic heterocycles. The number of hydrogen-bond acceptors (Lipinski definition) is 7. The fourth-order valence-electron chi connectivity index (χ4n) is 4.35. The molecule has 0 radical (unpaired) electrons. The zero-order chi connectivity index (χ0) is 23.7. The van der Waals surface area contributed by atoms with Crippen molar-refractivity contribution in [3.63, 3.8) is 0 Å². The van der Waals surface area contributed by atoms with Crippen molar-refractivity contribution in [2.24, 2.45) is 20.0 Å². The SMILES string of the molecule is COc1ccc(OC[C@H](O)Cn2c(N3CCC[C@@H](C)C3)nc3c2c(=O)n(C)c(=O)n3C)cc1. The van der Waals surface area contributed by atoms with E-state index >= 15 is 0 Å². The van der Waals surface area contributed by atoms with Gasteiger partial charge in [0.25, 0.3) is 5.56 Å². The molecule has 10 heteroatoms. The molecule has 0 bridgehead atoms. The quantitative estimate of drug-likeness (QED) is 0.567. The van der Waals surface area contributed by atoms with Crippen LogP contribution in [-0.2, 0) is 20.6 Å². The van der Waals surface area contributed by atoms with Crippen molar-refractivity contribution in [3.05, 3.63) is 45.1 Å². The van der Waals surface area contributed by atoms with Crippen molar-refractivity contribution in [2.45, 2.75) is 32.4 Å². The van der Waals surface area contributed by atoms with Crippen molar-refractivity contribution in [1.82, 2.24) is 18.7 Å². The number of benzene rings is 1. The van der Waals surface area contributed by atoms with Crippen LogP contribution < -0.4 is 25.6 Å². The number of piperidine rings is 1. The Morgan fingerprint density at radius 2 is 1.85 bits per heavy atom. The summed E-state index contributed by atoms with van der Waals surface area (Å²) in [6.07, 6.45) is 1.26. The van der Waals surface area contributed by atoms with E-state index in [4.69, 9.17) is 14.5 Å². The Hall–Kier alpha value is -3.27. The number of ether oxygens (including phenoxy) is 2. The molecule has 10 nitrogen and oxygen atoms in total. The first-order chi connectivity index (χ1) is 15.8. The molecular formula is C23H31N5O5.